The van der Waals surface area contributed by atoms with Gasteiger partial charge in [-0.3, -0.25) is 14.9 Å². The second kappa shape index (κ2) is 8.12. The van der Waals surface area contributed by atoms with Crippen LogP contribution in [0.1, 0.15) is 12.7 Å². The van der Waals surface area contributed by atoms with E-state index in [1.54, 1.807) is 17.5 Å². The lowest BCUT2D eigenvalue weighted by Crippen LogP contribution is -2.23. The minimum absolute atomic E-state index is 0.190. The van der Waals surface area contributed by atoms with Crippen molar-refractivity contribution < 1.29 is 31.9 Å². The van der Waals surface area contributed by atoms with Crippen LogP contribution in [0.3, 0.4) is 0 Å². The van der Waals surface area contributed by atoms with Crippen LogP contribution in [0.25, 0.3) is 11.5 Å². The zero-order valence-electron chi connectivity index (χ0n) is 13.0. The number of nitrogens with zero attached hydrogens (tertiary/aromatic N) is 1. The van der Waals surface area contributed by atoms with Crippen molar-refractivity contribution in [1.82, 2.24) is 10.3 Å². The summed E-state index contributed by atoms with van der Waals surface area (Å²) in [6.45, 7) is -0.597. The fourth-order valence-electron chi connectivity index (χ4n) is 1.68. The van der Waals surface area contributed by atoms with Crippen LogP contribution < -0.4 is 10.6 Å². The Kier molecular flexibility index (Phi) is 6.15. The molecular weight excluding hydrogens is 363 g/mol. The number of aromatic nitrogens is 1. The Morgan fingerprint density at radius 3 is 2.80 bits per heavy atom. The molecule has 2 rings (SSSR count). The maximum Gasteiger partial charge on any atom is 0.411 e. The number of thiazole rings is 1. The molecular formula is C14H14F3N3O4S. The summed E-state index contributed by atoms with van der Waals surface area (Å²) in [7, 11) is 0. The number of halogens is 3. The van der Waals surface area contributed by atoms with Crippen molar-refractivity contribution in [2.45, 2.75) is 19.6 Å². The lowest BCUT2D eigenvalue weighted by atomic mass is 10.3. The number of carbonyl (C=O) groups excluding carboxylic acids is 2. The van der Waals surface area contributed by atoms with E-state index in [2.05, 4.69) is 20.4 Å². The van der Waals surface area contributed by atoms with E-state index in [9.17, 15) is 22.8 Å². The number of alkyl halides is 3. The molecule has 0 aliphatic heterocycles. The SMILES string of the molecule is CC(=O)NCc1ccc(-c2csc(NC(=O)COCC(F)(F)F)n2)o1. The number of anilines is 1. The topological polar surface area (TPSA) is 93.5 Å². The lowest BCUT2D eigenvalue weighted by Gasteiger charge is -2.06. The summed E-state index contributed by atoms with van der Waals surface area (Å²) in [5, 5.41) is 6.75. The van der Waals surface area contributed by atoms with Gasteiger partial charge in [-0.15, -0.1) is 11.3 Å². The van der Waals surface area contributed by atoms with E-state index in [1.807, 2.05) is 0 Å². The van der Waals surface area contributed by atoms with Gasteiger partial charge in [0, 0.05) is 12.3 Å². The molecule has 0 atom stereocenters. The predicted octanol–water partition coefficient (Wildman–Crippen LogP) is 2.56. The third-order valence-corrected chi connectivity index (χ3v) is 3.43. The largest absolute Gasteiger partial charge is 0.458 e. The highest BCUT2D eigenvalue weighted by molar-refractivity contribution is 7.14. The molecule has 0 fully saturated rings. The molecule has 2 aromatic heterocycles. The molecule has 11 heteroatoms. The molecule has 0 aliphatic carbocycles. The fourth-order valence-corrected chi connectivity index (χ4v) is 2.40. The van der Waals surface area contributed by atoms with E-state index < -0.39 is 25.3 Å². The van der Waals surface area contributed by atoms with Crippen LogP contribution in [0.4, 0.5) is 18.3 Å². The zero-order chi connectivity index (χ0) is 18.4. The first kappa shape index (κ1) is 18.9. The molecule has 0 spiro atoms. The number of ether oxygens (including phenoxy) is 1. The summed E-state index contributed by atoms with van der Waals surface area (Å²) in [6, 6.07) is 3.33. The lowest BCUT2D eigenvalue weighted by molar-refractivity contribution is -0.174. The number of hydrogen-bond acceptors (Lipinski definition) is 6. The summed E-state index contributed by atoms with van der Waals surface area (Å²) < 4.78 is 45.5. The van der Waals surface area contributed by atoms with E-state index in [0.29, 0.717) is 17.2 Å². The highest BCUT2D eigenvalue weighted by Crippen LogP contribution is 2.26. The van der Waals surface area contributed by atoms with Crippen molar-refractivity contribution >= 4 is 28.3 Å². The molecule has 0 saturated carbocycles. The second-order valence-corrected chi connectivity index (χ2v) is 5.73. The van der Waals surface area contributed by atoms with Gasteiger partial charge in [0.05, 0.1) is 6.54 Å². The Balaban J connectivity index is 1.87. The fraction of sp³-hybridized carbons (Fsp3) is 0.357. The summed E-state index contributed by atoms with van der Waals surface area (Å²) in [5.41, 5.74) is 0.450. The Morgan fingerprint density at radius 1 is 1.36 bits per heavy atom. The molecule has 0 radical (unpaired) electrons. The van der Waals surface area contributed by atoms with Gasteiger partial charge in [-0.2, -0.15) is 13.2 Å². The zero-order valence-corrected chi connectivity index (χ0v) is 13.8. The van der Waals surface area contributed by atoms with Crippen LogP contribution in [0.2, 0.25) is 0 Å². The normalized spacial score (nSPS) is 11.4. The Hall–Kier alpha value is -2.40. The van der Waals surface area contributed by atoms with Gasteiger partial charge in [-0.25, -0.2) is 4.98 Å². The molecule has 2 heterocycles. The second-order valence-electron chi connectivity index (χ2n) is 4.87. The predicted molar refractivity (Wildman–Crippen MR) is 82.8 cm³/mol. The molecule has 2 amide bonds. The van der Waals surface area contributed by atoms with E-state index in [1.165, 1.54) is 6.92 Å². The summed E-state index contributed by atoms with van der Waals surface area (Å²) in [6.07, 6.45) is -4.48. The van der Waals surface area contributed by atoms with Gasteiger partial charge in [0.2, 0.25) is 5.91 Å². The molecule has 136 valence electrons. The van der Waals surface area contributed by atoms with Crippen molar-refractivity contribution in [2.24, 2.45) is 0 Å². The van der Waals surface area contributed by atoms with Crippen LogP contribution >= 0.6 is 11.3 Å². The number of rotatable bonds is 7. The maximum atomic E-state index is 11.9. The summed E-state index contributed by atoms with van der Waals surface area (Å²) >= 11 is 1.09. The van der Waals surface area contributed by atoms with Crippen molar-refractivity contribution in [3.05, 3.63) is 23.3 Å². The molecule has 25 heavy (non-hydrogen) atoms. The van der Waals surface area contributed by atoms with Gasteiger partial charge < -0.3 is 14.5 Å². The van der Waals surface area contributed by atoms with Crippen LogP contribution in [0.15, 0.2) is 21.9 Å². The van der Waals surface area contributed by atoms with Crippen molar-refractivity contribution in [3.63, 3.8) is 0 Å². The van der Waals surface area contributed by atoms with Gasteiger partial charge in [0.15, 0.2) is 10.9 Å². The molecule has 0 aliphatic rings. The number of amides is 2. The first-order valence-corrected chi connectivity index (χ1v) is 7.84. The monoisotopic (exact) mass is 377 g/mol. The quantitative estimate of drug-likeness (QED) is 0.774. The molecule has 2 N–H and O–H groups in total. The molecule has 0 aromatic carbocycles. The molecule has 0 unspecified atom stereocenters. The Morgan fingerprint density at radius 2 is 2.12 bits per heavy atom. The average Bonchev–Trinajstić information content (AvgIpc) is 3.12. The van der Waals surface area contributed by atoms with Crippen LogP contribution in [-0.2, 0) is 20.9 Å². The van der Waals surface area contributed by atoms with E-state index in [0.717, 1.165) is 11.3 Å². The van der Waals surface area contributed by atoms with Crippen LogP contribution in [0.5, 0.6) is 0 Å². The van der Waals surface area contributed by atoms with Crippen LogP contribution in [-0.4, -0.2) is 36.2 Å². The Bertz CT molecular complexity index is 742. The van der Waals surface area contributed by atoms with Gasteiger partial charge in [-0.1, -0.05) is 0 Å². The third kappa shape index (κ3) is 6.55. The van der Waals surface area contributed by atoms with Crippen molar-refractivity contribution in [2.75, 3.05) is 18.5 Å². The average molecular weight is 377 g/mol. The van der Waals surface area contributed by atoms with E-state index in [-0.39, 0.29) is 17.6 Å². The minimum atomic E-state index is -4.48. The first-order valence-electron chi connectivity index (χ1n) is 6.96. The third-order valence-electron chi connectivity index (χ3n) is 2.68. The number of hydrogen-bond donors (Lipinski definition) is 2. The number of furan rings is 1. The standard InChI is InChI=1S/C14H14F3N3O4S/c1-8(21)18-4-9-2-3-11(24-9)10-6-25-13(19-10)20-12(22)5-23-7-14(15,16)17/h2-3,6H,4-5,7H2,1H3,(H,18,21)(H,19,20,22). The van der Waals surface area contributed by atoms with Gasteiger partial charge in [-0.05, 0) is 12.1 Å². The minimum Gasteiger partial charge on any atom is -0.458 e. The van der Waals surface area contributed by atoms with Crippen LogP contribution in [0, 0.1) is 0 Å². The summed E-state index contributed by atoms with van der Waals surface area (Å²) in [4.78, 5) is 26.5. The van der Waals surface area contributed by atoms with E-state index in [4.69, 9.17) is 4.42 Å². The molecule has 0 saturated heterocycles. The summed E-state index contributed by atoms with van der Waals surface area (Å²) in [5.74, 6) is 0.0371. The van der Waals surface area contributed by atoms with Gasteiger partial charge in [0.1, 0.15) is 24.7 Å². The number of nitrogens with one attached hydrogen (secondary N) is 2. The smallest absolute Gasteiger partial charge is 0.411 e. The number of carbonyl (C=O) groups is 2. The van der Waals surface area contributed by atoms with Crippen molar-refractivity contribution in [3.8, 4) is 11.5 Å². The molecule has 0 bridgehead atoms. The highest BCUT2D eigenvalue weighted by Gasteiger charge is 2.27. The highest BCUT2D eigenvalue weighted by atomic mass is 32.1. The van der Waals surface area contributed by atoms with Gasteiger partial charge >= 0.3 is 6.18 Å². The van der Waals surface area contributed by atoms with Gasteiger partial charge in [0.25, 0.3) is 5.91 Å². The maximum absolute atomic E-state index is 11.9. The first-order chi connectivity index (χ1) is 11.7. The Labute approximate surface area is 144 Å². The van der Waals surface area contributed by atoms with Crippen molar-refractivity contribution in [1.29, 1.82) is 0 Å². The van der Waals surface area contributed by atoms with E-state index >= 15 is 0 Å². The molecule has 2 aromatic rings. The molecule has 7 nitrogen and oxygen atoms in total.